The number of carbonyl (C=O) groups is 3. The molecule has 1 saturated heterocycles. The zero-order valence-corrected chi connectivity index (χ0v) is 19.7. The first-order valence-corrected chi connectivity index (χ1v) is 11.3. The number of ketones is 1. The lowest BCUT2D eigenvalue weighted by molar-refractivity contribution is -0.132. The van der Waals surface area contributed by atoms with Crippen molar-refractivity contribution in [3.63, 3.8) is 0 Å². The molecule has 7 heteroatoms. The second-order valence-electron chi connectivity index (χ2n) is 8.20. The normalized spacial score (nSPS) is 16.9. The summed E-state index contributed by atoms with van der Waals surface area (Å²) in [6, 6.07) is 20.2. The van der Waals surface area contributed by atoms with Crippen LogP contribution in [-0.2, 0) is 20.8 Å². The van der Waals surface area contributed by atoms with E-state index < -0.39 is 17.7 Å². The van der Waals surface area contributed by atoms with E-state index in [1.54, 1.807) is 48.5 Å². The molecule has 178 valence electrons. The molecule has 3 aromatic rings. The van der Waals surface area contributed by atoms with E-state index in [9.17, 15) is 19.5 Å². The second kappa shape index (κ2) is 9.85. The quantitative estimate of drug-likeness (QED) is 0.305. The van der Waals surface area contributed by atoms with Gasteiger partial charge in [0.1, 0.15) is 11.5 Å². The van der Waals surface area contributed by atoms with Gasteiger partial charge in [0.2, 0.25) is 5.91 Å². The molecule has 4 rings (SSSR count). The van der Waals surface area contributed by atoms with E-state index in [-0.39, 0.29) is 17.2 Å². The number of benzene rings is 3. The van der Waals surface area contributed by atoms with Crippen molar-refractivity contribution in [3.8, 4) is 5.75 Å². The maximum absolute atomic E-state index is 13.4. The van der Waals surface area contributed by atoms with E-state index in [0.717, 1.165) is 12.0 Å². The third kappa shape index (κ3) is 4.53. The van der Waals surface area contributed by atoms with E-state index in [1.165, 1.54) is 18.9 Å². The molecule has 1 fully saturated rings. The summed E-state index contributed by atoms with van der Waals surface area (Å²) in [6.07, 6.45) is 0.834. The van der Waals surface area contributed by atoms with Crippen LogP contribution in [-0.4, -0.2) is 29.8 Å². The Morgan fingerprint density at radius 3 is 2.40 bits per heavy atom. The number of hydrogen-bond donors (Lipinski definition) is 2. The van der Waals surface area contributed by atoms with Gasteiger partial charge < -0.3 is 15.2 Å². The monoisotopic (exact) mass is 470 g/mol. The Hall–Kier alpha value is -4.39. The molecule has 0 saturated carbocycles. The van der Waals surface area contributed by atoms with Crippen LogP contribution in [0.2, 0.25) is 0 Å². The van der Waals surface area contributed by atoms with Gasteiger partial charge in [-0.15, -0.1) is 0 Å². The van der Waals surface area contributed by atoms with Gasteiger partial charge in [0, 0.05) is 18.3 Å². The Labute approximate surface area is 203 Å². The number of anilines is 2. The molecule has 1 atom stereocenters. The Morgan fingerprint density at radius 1 is 1.03 bits per heavy atom. The highest BCUT2D eigenvalue weighted by Gasteiger charge is 2.47. The molecule has 1 heterocycles. The molecule has 0 bridgehead atoms. The minimum atomic E-state index is -0.876. The minimum Gasteiger partial charge on any atom is -0.507 e. The highest BCUT2D eigenvalue weighted by Crippen LogP contribution is 2.43. The van der Waals surface area contributed by atoms with Crippen molar-refractivity contribution in [2.75, 3.05) is 17.3 Å². The van der Waals surface area contributed by atoms with Crippen LogP contribution in [0.1, 0.15) is 36.6 Å². The number of hydrogen-bond acceptors (Lipinski definition) is 5. The lowest BCUT2D eigenvalue weighted by Crippen LogP contribution is -2.29. The number of aliphatic hydroxyl groups is 1. The smallest absolute Gasteiger partial charge is 0.300 e. The van der Waals surface area contributed by atoms with Gasteiger partial charge in [0.15, 0.2) is 0 Å². The number of amides is 2. The number of carbonyl (C=O) groups excluding carboxylic acids is 3. The number of methoxy groups -OCH3 is 1. The van der Waals surface area contributed by atoms with Crippen LogP contribution in [0.5, 0.6) is 5.75 Å². The zero-order valence-electron chi connectivity index (χ0n) is 19.7. The van der Waals surface area contributed by atoms with E-state index in [0.29, 0.717) is 28.3 Å². The molecule has 0 aromatic heterocycles. The van der Waals surface area contributed by atoms with Gasteiger partial charge in [-0.25, -0.2) is 0 Å². The van der Waals surface area contributed by atoms with Crippen molar-refractivity contribution in [3.05, 3.63) is 95.1 Å². The molecular formula is C28H26N2O5. The van der Waals surface area contributed by atoms with Crippen LogP contribution in [0.15, 0.2) is 78.4 Å². The van der Waals surface area contributed by atoms with Crippen LogP contribution >= 0.6 is 0 Å². The third-order valence-corrected chi connectivity index (χ3v) is 5.95. The average molecular weight is 471 g/mol. The summed E-state index contributed by atoms with van der Waals surface area (Å²) in [7, 11) is 1.47. The first kappa shape index (κ1) is 23.8. The number of rotatable bonds is 6. The fourth-order valence-corrected chi connectivity index (χ4v) is 4.27. The van der Waals surface area contributed by atoms with Crippen molar-refractivity contribution in [2.24, 2.45) is 0 Å². The lowest BCUT2D eigenvalue weighted by atomic mass is 9.94. The lowest BCUT2D eigenvalue weighted by Gasteiger charge is -2.26. The molecule has 3 aromatic carbocycles. The standard InChI is InChI=1S/C28H26N2O5/c1-4-18-12-14-19(15-13-18)25-24(26(32)22-10-5-6-11-23(22)35-3)27(33)28(34)30(25)21-9-7-8-20(16-21)29-17(2)31/h5-16,25,32H,4H2,1-3H3,(H,29,31)/b26-24+. The fourth-order valence-electron chi connectivity index (χ4n) is 4.27. The molecular weight excluding hydrogens is 444 g/mol. The summed E-state index contributed by atoms with van der Waals surface area (Å²) in [5.41, 5.74) is 2.96. The summed E-state index contributed by atoms with van der Waals surface area (Å²) in [5.74, 6) is -1.77. The molecule has 35 heavy (non-hydrogen) atoms. The number of para-hydroxylation sites is 1. The maximum atomic E-state index is 13.4. The summed E-state index contributed by atoms with van der Waals surface area (Å²) in [6.45, 7) is 3.43. The molecule has 1 unspecified atom stereocenters. The predicted octanol–water partition coefficient (Wildman–Crippen LogP) is 4.84. The van der Waals surface area contributed by atoms with Crippen LogP contribution in [0.4, 0.5) is 11.4 Å². The highest BCUT2D eigenvalue weighted by molar-refractivity contribution is 6.51. The summed E-state index contributed by atoms with van der Waals surface area (Å²) in [5, 5.41) is 14.0. The molecule has 0 radical (unpaired) electrons. The number of aryl methyl sites for hydroxylation is 1. The van der Waals surface area contributed by atoms with Crippen molar-refractivity contribution < 1.29 is 24.2 Å². The molecule has 7 nitrogen and oxygen atoms in total. The van der Waals surface area contributed by atoms with Crippen LogP contribution in [0.3, 0.4) is 0 Å². The molecule has 0 aliphatic carbocycles. The van der Waals surface area contributed by atoms with Crippen LogP contribution < -0.4 is 15.0 Å². The van der Waals surface area contributed by atoms with E-state index in [1.807, 2.05) is 31.2 Å². The Bertz CT molecular complexity index is 1330. The van der Waals surface area contributed by atoms with Crippen molar-refractivity contribution in [1.82, 2.24) is 0 Å². The second-order valence-corrected chi connectivity index (χ2v) is 8.20. The Kier molecular flexibility index (Phi) is 6.68. The average Bonchev–Trinajstić information content (AvgIpc) is 3.13. The molecule has 0 spiro atoms. The van der Waals surface area contributed by atoms with Gasteiger partial charge in [0.05, 0.1) is 24.3 Å². The topological polar surface area (TPSA) is 95.9 Å². The van der Waals surface area contributed by atoms with E-state index in [4.69, 9.17) is 4.74 Å². The first-order valence-electron chi connectivity index (χ1n) is 11.3. The number of nitrogens with zero attached hydrogens (tertiary/aromatic N) is 1. The van der Waals surface area contributed by atoms with Gasteiger partial charge in [-0.2, -0.15) is 0 Å². The fraction of sp³-hybridized carbons (Fsp3) is 0.179. The maximum Gasteiger partial charge on any atom is 0.300 e. The zero-order chi connectivity index (χ0) is 25.1. The van der Waals surface area contributed by atoms with Crippen molar-refractivity contribution in [2.45, 2.75) is 26.3 Å². The number of aliphatic hydroxyl groups excluding tert-OH is 1. The van der Waals surface area contributed by atoms with E-state index in [2.05, 4.69) is 5.32 Å². The van der Waals surface area contributed by atoms with Crippen LogP contribution in [0, 0.1) is 0 Å². The predicted molar refractivity (Wildman–Crippen MR) is 134 cm³/mol. The molecule has 1 aliphatic rings. The van der Waals surface area contributed by atoms with Gasteiger partial charge in [-0.1, -0.05) is 49.4 Å². The minimum absolute atomic E-state index is 0.0336. The van der Waals surface area contributed by atoms with E-state index >= 15 is 0 Å². The Balaban J connectivity index is 1.93. The van der Waals surface area contributed by atoms with Crippen molar-refractivity contribution >= 4 is 34.7 Å². The van der Waals surface area contributed by atoms with Gasteiger partial charge in [-0.05, 0) is 47.9 Å². The summed E-state index contributed by atoms with van der Waals surface area (Å²) in [4.78, 5) is 39.6. The largest absolute Gasteiger partial charge is 0.507 e. The molecule has 1 aliphatic heterocycles. The van der Waals surface area contributed by atoms with Gasteiger partial charge >= 0.3 is 0 Å². The van der Waals surface area contributed by atoms with Crippen molar-refractivity contribution in [1.29, 1.82) is 0 Å². The Morgan fingerprint density at radius 2 is 1.74 bits per heavy atom. The van der Waals surface area contributed by atoms with Gasteiger partial charge in [-0.3, -0.25) is 19.3 Å². The highest BCUT2D eigenvalue weighted by atomic mass is 16.5. The number of Topliss-reactive ketones (excluding diaryl/α,β-unsaturated/α-hetero) is 1. The SMILES string of the molecule is CCc1ccc(C2/C(=C(\O)c3ccccc3OC)C(=O)C(=O)N2c2cccc(NC(C)=O)c2)cc1. The number of nitrogens with one attached hydrogen (secondary N) is 1. The first-order chi connectivity index (χ1) is 16.8. The summed E-state index contributed by atoms with van der Waals surface area (Å²) < 4.78 is 5.38. The summed E-state index contributed by atoms with van der Waals surface area (Å²) >= 11 is 0. The number of ether oxygens (including phenoxy) is 1. The third-order valence-electron chi connectivity index (χ3n) is 5.95. The van der Waals surface area contributed by atoms with Gasteiger partial charge in [0.25, 0.3) is 11.7 Å². The van der Waals surface area contributed by atoms with Crippen LogP contribution in [0.25, 0.3) is 5.76 Å². The molecule has 2 N–H and O–H groups in total. The molecule has 2 amide bonds.